The SMILES string of the molecule is CNC(=O)c1c(-c2ccc(C)cc2)oc2nc(CN(CCCC3(OC(=O)O)CCN(C)CC3)S(=O)O)c(C3CC3)cc12. The summed E-state index contributed by atoms with van der Waals surface area (Å²) in [6.45, 7) is 3.80. The number of hydrogen-bond donors (Lipinski definition) is 3. The number of aromatic nitrogens is 1. The van der Waals surface area contributed by atoms with Crippen molar-refractivity contribution in [1.82, 2.24) is 19.5 Å². The second kappa shape index (κ2) is 12.5. The Morgan fingerprint density at radius 1 is 1.24 bits per heavy atom. The van der Waals surface area contributed by atoms with Gasteiger partial charge in [-0.2, -0.15) is 4.31 Å². The second-order valence-electron chi connectivity index (χ2n) is 11.5. The zero-order valence-corrected chi connectivity index (χ0v) is 25.0. The summed E-state index contributed by atoms with van der Waals surface area (Å²) in [5, 5.41) is 12.7. The summed E-state index contributed by atoms with van der Waals surface area (Å²) in [5.41, 5.74) is 3.34. The molecule has 3 heterocycles. The van der Waals surface area contributed by atoms with Gasteiger partial charge in [-0.1, -0.05) is 29.8 Å². The predicted molar refractivity (Wildman–Crippen MR) is 159 cm³/mol. The molecule has 1 amide bonds. The van der Waals surface area contributed by atoms with E-state index < -0.39 is 23.0 Å². The molecular weight excluding hydrogens is 560 g/mol. The Morgan fingerprint density at radius 3 is 2.52 bits per heavy atom. The number of carboxylic acid groups (broad SMARTS) is 1. The number of pyridine rings is 1. The average Bonchev–Trinajstić information content (AvgIpc) is 3.73. The quantitative estimate of drug-likeness (QED) is 0.207. The zero-order valence-electron chi connectivity index (χ0n) is 24.2. The van der Waals surface area contributed by atoms with Gasteiger partial charge in [0, 0.05) is 45.1 Å². The fourth-order valence-corrected chi connectivity index (χ4v) is 6.30. The molecular formula is C30H38N4O7S. The van der Waals surface area contributed by atoms with Gasteiger partial charge in [0.05, 0.1) is 23.2 Å². The lowest BCUT2D eigenvalue weighted by atomic mass is 9.87. The largest absolute Gasteiger partial charge is 0.506 e. The van der Waals surface area contributed by atoms with Crippen LogP contribution in [0.3, 0.4) is 0 Å². The Bertz CT molecular complexity index is 1480. The van der Waals surface area contributed by atoms with Gasteiger partial charge >= 0.3 is 6.16 Å². The summed E-state index contributed by atoms with van der Waals surface area (Å²) >= 11 is -2.28. The smallest absolute Gasteiger partial charge is 0.450 e. The highest BCUT2D eigenvalue weighted by atomic mass is 32.2. The maximum Gasteiger partial charge on any atom is 0.506 e. The Balaban J connectivity index is 1.42. The van der Waals surface area contributed by atoms with Gasteiger partial charge in [0.15, 0.2) is 0 Å². The van der Waals surface area contributed by atoms with Crippen molar-refractivity contribution in [2.45, 2.75) is 63.5 Å². The molecule has 3 N–H and O–H groups in total. The predicted octanol–water partition coefficient (Wildman–Crippen LogP) is 4.92. The molecule has 2 aliphatic rings. The van der Waals surface area contributed by atoms with E-state index in [0.717, 1.165) is 42.6 Å². The number of benzene rings is 1. The van der Waals surface area contributed by atoms with Crippen LogP contribution < -0.4 is 5.32 Å². The van der Waals surface area contributed by atoms with Crippen LogP contribution in [0, 0.1) is 6.92 Å². The van der Waals surface area contributed by atoms with Crippen molar-refractivity contribution in [3.8, 4) is 11.3 Å². The van der Waals surface area contributed by atoms with E-state index in [0.29, 0.717) is 53.8 Å². The molecule has 2 aromatic heterocycles. The highest BCUT2D eigenvalue weighted by Gasteiger charge is 2.38. The van der Waals surface area contributed by atoms with Gasteiger partial charge in [-0.15, -0.1) is 0 Å². The molecule has 0 spiro atoms. The number of piperidine rings is 1. The zero-order chi connectivity index (χ0) is 30.0. The van der Waals surface area contributed by atoms with Gasteiger partial charge in [0.1, 0.15) is 11.4 Å². The molecule has 1 atom stereocenters. The van der Waals surface area contributed by atoms with E-state index >= 15 is 0 Å². The van der Waals surface area contributed by atoms with Crippen LogP contribution in [0.4, 0.5) is 4.79 Å². The van der Waals surface area contributed by atoms with Crippen LogP contribution in [0.1, 0.15) is 71.6 Å². The molecule has 2 fully saturated rings. The van der Waals surface area contributed by atoms with E-state index in [2.05, 4.69) is 10.2 Å². The number of amides is 1. The molecule has 1 saturated carbocycles. The average molecular weight is 599 g/mol. The Kier molecular flexibility index (Phi) is 8.97. The minimum atomic E-state index is -2.28. The summed E-state index contributed by atoms with van der Waals surface area (Å²) in [6, 6.07) is 9.68. The lowest BCUT2D eigenvalue weighted by molar-refractivity contribution is -0.0593. The van der Waals surface area contributed by atoms with Crippen LogP contribution in [-0.2, 0) is 22.5 Å². The van der Waals surface area contributed by atoms with Crippen LogP contribution in [0.5, 0.6) is 0 Å². The molecule has 11 nitrogen and oxygen atoms in total. The number of carbonyl (C=O) groups excluding carboxylic acids is 1. The number of aryl methyl sites for hydroxylation is 1. The van der Waals surface area contributed by atoms with E-state index in [1.54, 1.807) is 7.05 Å². The number of likely N-dealkylation sites (tertiary alicyclic amines) is 1. The van der Waals surface area contributed by atoms with Crippen LogP contribution in [0.15, 0.2) is 34.7 Å². The molecule has 1 unspecified atom stereocenters. The van der Waals surface area contributed by atoms with Crippen molar-refractivity contribution >= 4 is 34.4 Å². The normalized spacial score (nSPS) is 17.8. The molecule has 226 valence electrons. The molecule has 1 aromatic carbocycles. The molecule has 5 rings (SSSR count). The van der Waals surface area contributed by atoms with Crippen molar-refractivity contribution in [3.05, 3.63) is 52.7 Å². The first kappa shape index (κ1) is 30.1. The fraction of sp³-hybridized carbons (Fsp3) is 0.500. The monoisotopic (exact) mass is 598 g/mol. The molecule has 42 heavy (non-hydrogen) atoms. The summed E-state index contributed by atoms with van der Waals surface area (Å²) in [5.74, 6) is 0.415. The van der Waals surface area contributed by atoms with Gasteiger partial charge < -0.3 is 24.5 Å². The fourth-order valence-electron chi connectivity index (χ4n) is 5.78. The molecule has 1 aliphatic heterocycles. The van der Waals surface area contributed by atoms with E-state index in [1.807, 2.05) is 44.3 Å². The van der Waals surface area contributed by atoms with Gasteiger partial charge in [-0.25, -0.2) is 14.0 Å². The molecule has 1 saturated heterocycles. The first-order valence-electron chi connectivity index (χ1n) is 14.3. The minimum absolute atomic E-state index is 0.107. The van der Waals surface area contributed by atoms with E-state index in [9.17, 15) is 23.5 Å². The van der Waals surface area contributed by atoms with Crippen LogP contribution in [0.25, 0.3) is 22.4 Å². The topological polar surface area (TPSA) is 145 Å². The van der Waals surface area contributed by atoms with Gasteiger partial charge in [-0.05, 0) is 57.2 Å². The lowest BCUT2D eigenvalue weighted by Crippen LogP contribution is -2.46. The molecule has 12 heteroatoms. The Labute approximate surface area is 247 Å². The molecule has 0 radical (unpaired) electrons. The standard InChI is InChI=1S/C30H38N4O7S/c1-19-5-7-21(8-6-19)26-25(27(35)31-2)23-17-22(20-9-10-20)24(32-28(23)40-26)18-34(42(38)39)14-4-11-30(41-29(36)37)12-15-33(3)16-13-30/h5-8,17,20H,4,9-16,18H2,1-3H3,(H,31,35)(H,36,37)(H,38,39). The molecule has 3 aromatic rings. The van der Waals surface area contributed by atoms with Crippen molar-refractivity contribution in [3.63, 3.8) is 0 Å². The van der Waals surface area contributed by atoms with E-state index in [-0.39, 0.29) is 24.9 Å². The van der Waals surface area contributed by atoms with Gasteiger partial charge in [0.25, 0.3) is 5.91 Å². The number of fused-ring (bicyclic) bond motifs is 1. The first-order valence-corrected chi connectivity index (χ1v) is 15.4. The highest BCUT2D eigenvalue weighted by molar-refractivity contribution is 7.76. The summed E-state index contributed by atoms with van der Waals surface area (Å²) < 4.78 is 35.6. The molecule has 1 aliphatic carbocycles. The number of furan rings is 1. The maximum atomic E-state index is 13.0. The number of ether oxygens (including phenoxy) is 1. The molecule has 0 bridgehead atoms. The summed E-state index contributed by atoms with van der Waals surface area (Å²) in [6.07, 6.45) is 2.75. The number of nitrogens with one attached hydrogen (secondary N) is 1. The third-order valence-electron chi connectivity index (χ3n) is 8.37. The highest BCUT2D eigenvalue weighted by Crippen LogP contribution is 2.44. The lowest BCUT2D eigenvalue weighted by Gasteiger charge is -2.39. The Hall–Kier alpha value is -3.32. The third kappa shape index (κ3) is 6.67. The van der Waals surface area contributed by atoms with Gasteiger partial charge in [-0.3, -0.25) is 9.35 Å². The Morgan fingerprint density at radius 2 is 1.93 bits per heavy atom. The van der Waals surface area contributed by atoms with Crippen molar-refractivity contribution in [2.75, 3.05) is 33.7 Å². The van der Waals surface area contributed by atoms with Crippen molar-refractivity contribution in [1.29, 1.82) is 0 Å². The van der Waals surface area contributed by atoms with Gasteiger partial charge in [0.2, 0.25) is 17.0 Å². The third-order valence-corrected chi connectivity index (χ3v) is 9.12. The van der Waals surface area contributed by atoms with E-state index in [4.69, 9.17) is 14.1 Å². The number of carbonyl (C=O) groups is 2. The van der Waals surface area contributed by atoms with E-state index in [1.165, 1.54) is 4.31 Å². The van der Waals surface area contributed by atoms with Crippen LogP contribution in [0.2, 0.25) is 0 Å². The van der Waals surface area contributed by atoms with Crippen LogP contribution >= 0.6 is 0 Å². The van der Waals surface area contributed by atoms with Crippen LogP contribution in [-0.4, -0.2) is 79.5 Å². The second-order valence-corrected chi connectivity index (χ2v) is 12.4. The first-order chi connectivity index (χ1) is 20.1. The van der Waals surface area contributed by atoms with Crippen molar-refractivity contribution in [2.24, 2.45) is 0 Å². The van der Waals surface area contributed by atoms with Crippen molar-refractivity contribution < 1.29 is 32.6 Å². The number of hydrogen-bond acceptors (Lipinski definition) is 7. The number of nitrogens with zero attached hydrogens (tertiary/aromatic N) is 3. The minimum Gasteiger partial charge on any atom is -0.450 e. The summed E-state index contributed by atoms with van der Waals surface area (Å²) in [7, 11) is 3.57. The summed E-state index contributed by atoms with van der Waals surface area (Å²) in [4.78, 5) is 31.4. The number of rotatable bonds is 11. The maximum absolute atomic E-state index is 13.0.